The predicted molar refractivity (Wildman–Crippen MR) is 225 cm³/mol. The fraction of sp³-hybridized carbons (Fsp3) is 0.844. The zero-order valence-corrected chi connectivity index (χ0v) is 35.0. The van der Waals surface area contributed by atoms with Gasteiger partial charge in [-0.1, -0.05) is 211 Å². The minimum absolute atomic E-state index is 0.288. The zero-order valence-electron chi connectivity index (χ0n) is 34.2. The SMILES string of the molecule is CCCCCCCCCCCCC/C=C/CC/C=C/CC/C=C/C(O)C(CS(=O)(=O)O)NC(=O)CCCCCCCCCCCCCCCCCC. The van der Waals surface area contributed by atoms with Crippen molar-refractivity contribution in [2.24, 2.45) is 0 Å². The van der Waals surface area contributed by atoms with Crippen molar-refractivity contribution in [3.63, 3.8) is 0 Å². The first-order chi connectivity index (χ1) is 25.3. The van der Waals surface area contributed by atoms with Crippen LogP contribution >= 0.6 is 0 Å². The molecule has 0 fully saturated rings. The van der Waals surface area contributed by atoms with Gasteiger partial charge < -0.3 is 10.4 Å². The standard InChI is InChI=1S/C45H85NO5S/c1-3-5-7-9-11-13-15-17-19-21-22-23-24-25-26-28-30-32-34-36-38-40-44(47)43(42-52(49,50)51)46-45(48)41-39-37-35-33-31-29-27-20-18-16-14-12-10-8-6-4-2/h24-25,30,32,38,40,43-44,47H,3-23,26-29,31,33-37,39,41-42H2,1-2H3,(H,46,48)(H,49,50,51)/b25-24+,32-30+,40-38+. The maximum atomic E-state index is 12.5. The second-order valence-corrected chi connectivity index (χ2v) is 16.8. The smallest absolute Gasteiger partial charge is 0.267 e. The highest BCUT2D eigenvalue weighted by molar-refractivity contribution is 7.85. The Labute approximate surface area is 323 Å². The van der Waals surface area contributed by atoms with E-state index in [-0.39, 0.29) is 12.3 Å². The van der Waals surface area contributed by atoms with E-state index in [1.165, 1.54) is 167 Å². The molecule has 0 aromatic carbocycles. The van der Waals surface area contributed by atoms with E-state index in [2.05, 4.69) is 43.5 Å². The average molecular weight is 752 g/mol. The number of allylic oxidation sites excluding steroid dienone is 5. The number of rotatable bonds is 40. The number of amides is 1. The molecule has 6 nitrogen and oxygen atoms in total. The van der Waals surface area contributed by atoms with Crippen molar-refractivity contribution in [2.75, 3.05) is 5.75 Å². The molecule has 0 saturated carbocycles. The number of hydrogen-bond acceptors (Lipinski definition) is 4. The molecule has 0 aliphatic carbocycles. The predicted octanol–water partition coefficient (Wildman–Crippen LogP) is 13.3. The van der Waals surface area contributed by atoms with E-state index in [1.54, 1.807) is 6.08 Å². The van der Waals surface area contributed by atoms with Crippen molar-refractivity contribution in [3.05, 3.63) is 36.5 Å². The summed E-state index contributed by atoms with van der Waals surface area (Å²) in [5, 5.41) is 13.2. The summed E-state index contributed by atoms with van der Waals surface area (Å²) in [4.78, 5) is 12.5. The van der Waals surface area contributed by atoms with Crippen molar-refractivity contribution in [1.82, 2.24) is 5.32 Å². The fourth-order valence-corrected chi connectivity index (χ4v) is 7.45. The van der Waals surface area contributed by atoms with E-state index in [4.69, 9.17) is 0 Å². The molecular formula is C45H85NO5S. The van der Waals surface area contributed by atoms with E-state index < -0.39 is 28.0 Å². The normalized spacial score (nSPS) is 13.5. The first-order valence-electron chi connectivity index (χ1n) is 22.2. The summed E-state index contributed by atoms with van der Waals surface area (Å²) in [6, 6.07) is -1.08. The lowest BCUT2D eigenvalue weighted by Crippen LogP contribution is -2.46. The molecule has 0 spiro atoms. The van der Waals surface area contributed by atoms with Crippen molar-refractivity contribution in [1.29, 1.82) is 0 Å². The molecule has 0 aromatic heterocycles. The largest absolute Gasteiger partial charge is 0.387 e. The molecule has 2 atom stereocenters. The Morgan fingerprint density at radius 2 is 0.827 bits per heavy atom. The maximum absolute atomic E-state index is 12.5. The van der Waals surface area contributed by atoms with E-state index in [0.717, 1.165) is 38.5 Å². The van der Waals surface area contributed by atoms with Crippen molar-refractivity contribution < 1.29 is 22.9 Å². The third kappa shape index (κ3) is 39.8. The highest BCUT2D eigenvalue weighted by Gasteiger charge is 2.24. The number of carbonyl (C=O) groups is 1. The van der Waals surface area contributed by atoms with Gasteiger partial charge in [-0.15, -0.1) is 0 Å². The number of unbranched alkanes of at least 4 members (excludes halogenated alkanes) is 28. The van der Waals surface area contributed by atoms with Gasteiger partial charge in [0.25, 0.3) is 10.1 Å². The van der Waals surface area contributed by atoms with Gasteiger partial charge in [0.2, 0.25) is 5.91 Å². The van der Waals surface area contributed by atoms with Gasteiger partial charge in [-0.2, -0.15) is 8.42 Å². The van der Waals surface area contributed by atoms with Gasteiger partial charge in [0.1, 0.15) is 0 Å². The van der Waals surface area contributed by atoms with E-state index in [9.17, 15) is 22.9 Å². The highest BCUT2D eigenvalue weighted by Crippen LogP contribution is 2.15. The number of hydrogen-bond donors (Lipinski definition) is 3. The number of aliphatic hydroxyl groups excluding tert-OH is 1. The molecule has 3 N–H and O–H groups in total. The summed E-state index contributed by atoms with van der Waals surface area (Å²) in [7, 11) is -4.36. The Kier molecular flexibility index (Phi) is 38.2. The first kappa shape index (κ1) is 50.6. The third-order valence-corrected chi connectivity index (χ3v) is 10.8. The van der Waals surface area contributed by atoms with Gasteiger partial charge in [-0.25, -0.2) is 0 Å². The van der Waals surface area contributed by atoms with Crippen LogP contribution in [0.5, 0.6) is 0 Å². The lowest BCUT2D eigenvalue weighted by Gasteiger charge is -2.21. The Balaban J connectivity index is 3.94. The zero-order chi connectivity index (χ0) is 38.2. The molecule has 0 aliphatic heterocycles. The molecule has 0 aliphatic rings. The minimum atomic E-state index is -4.36. The summed E-state index contributed by atoms with van der Waals surface area (Å²) >= 11 is 0. The van der Waals surface area contributed by atoms with Crippen LogP contribution in [-0.4, -0.2) is 41.9 Å². The van der Waals surface area contributed by atoms with Crippen LogP contribution in [0, 0.1) is 0 Å². The average Bonchev–Trinajstić information content (AvgIpc) is 3.11. The van der Waals surface area contributed by atoms with Crippen LogP contribution in [-0.2, 0) is 14.9 Å². The molecule has 0 saturated heterocycles. The topological polar surface area (TPSA) is 104 Å². The Morgan fingerprint density at radius 3 is 1.21 bits per heavy atom. The number of nitrogens with one attached hydrogen (secondary N) is 1. The molecule has 0 radical (unpaired) electrons. The number of carbonyl (C=O) groups excluding carboxylic acids is 1. The van der Waals surface area contributed by atoms with Gasteiger partial charge in [0.15, 0.2) is 0 Å². The van der Waals surface area contributed by atoms with Gasteiger partial charge in [0, 0.05) is 6.42 Å². The van der Waals surface area contributed by atoms with E-state index in [0.29, 0.717) is 6.42 Å². The Bertz CT molecular complexity index is 961. The summed E-state index contributed by atoms with van der Waals surface area (Å²) in [5.74, 6) is -1.00. The van der Waals surface area contributed by atoms with Crippen molar-refractivity contribution in [3.8, 4) is 0 Å². The van der Waals surface area contributed by atoms with Crippen LogP contribution in [0.25, 0.3) is 0 Å². The Hall–Kier alpha value is -1.44. The van der Waals surface area contributed by atoms with Crippen LogP contribution in [0.15, 0.2) is 36.5 Å². The second-order valence-electron chi connectivity index (χ2n) is 15.3. The van der Waals surface area contributed by atoms with Crippen LogP contribution in [0.1, 0.15) is 226 Å². The van der Waals surface area contributed by atoms with Crippen LogP contribution < -0.4 is 5.32 Å². The molecule has 1 amide bonds. The summed E-state index contributed by atoms with van der Waals surface area (Å²) < 4.78 is 32.5. The van der Waals surface area contributed by atoms with E-state index >= 15 is 0 Å². The van der Waals surface area contributed by atoms with Gasteiger partial charge in [0.05, 0.1) is 17.9 Å². The van der Waals surface area contributed by atoms with E-state index in [1.807, 2.05) is 0 Å². The molecule has 2 unspecified atom stereocenters. The lowest BCUT2D eigenvalue weighted by atomic mass is 10.0. The minimum Gasteiger partial charge on any atom is -0.387 e. The highest BCUT2D eigenvalue weighted by atomic mass is 32.2. The van der Waals surface area contributed by atoms with Crippen molar-refractivity contribution >= 4 is 16.0 Å². The molecule has 52 heavy (non-hydrogen) atoms. The fourth-order valence-electron chi connectivity index (χ4n) is 6.72. The van der Waals surface area contributed by atoms with Gasteiger partial charge in [-0.05, 0) is 44.9 Å². The third-order valence-electron chi connectivity index (χ3n) is 10.0. The second kappa shape index (κ2) is 39.3. The van der Waals surface area contributed by atoms with Crippen LogP contribution in [0.2, 0.25) is 0 Å². The molecule has 0 aromatic rings. The molecule has 0 rings (SSSR count). The lowest BCUT2D eigenvalue weighted by molar-refractivity contribution is -0.122. The maximum Gasteiger partial charge on any atom is 0.267 e. The summed E-state index contributed by atoms with van der Waals surface area (Å²) in [6.07, 6.45) is 51.4. The monoisotopic (exact) mass is 752 g/mol. The molecule has 306 valence electrons. The Morgan fingerprint density at radius 1 is 0.500 bits per heavy atom. The van der Waals surface area contributed by atoms with Crippen LogP contribution in [0.3, 0.4) is 0 Å². The molecule has 7 heteroatoms. The molecular weight excluding hydrogens is 667 g/mol. The first-order valence-corrected chi connectivity index (χ1v) is 23.8. The van der Waals surface area contributed by atoms with Crippen LogP contribution in [0.4, 0.5) is 0 Å². The molecule has 0 heterocycles. The van der Waals surface area contributed by atoms with Gasteiger partial charge in [-0.3, -0.25) is 9.35 Å². The summed E-state index contributed by atoms with van der Waals surface area (Å²) in [6.45, 7) is 4.54. The summed E-state index contributed by atoms with van der Waals surface area (Å²) in [5.41, 5.74) is 0. The van der Waals surface area contributed by atoms with Gasteiger partial charge >= 0.3 is 0 Å². The number of aliphatic hydroxyl groups is 1. The molecule has 0 bridgehead atoms. The van der Waals surface area contributed by atoms with Crippen molar-refractivity contribution in [2.45, 2.75) is 238 Å². The quantitative estimate of drug-likeness (QED) is 0.0328.